The summed E-state index contributed by atoms with van der Waals surface area (Å²) in [6.07, 6.45) is 0. The molecule has 2 N–H and O–H groups in total. The van der Waals surface area contributed by atoms with Crippen LogP contribution in [0.1, 0.15) is 13.8 Å². The molecule has 0 aliphatic heterocycles. The van der Waals surface area contributed by atoms with Crippen LogP contribution >= 0.6 is 0 Å². The lowest BCUT2D eigenvalue weighted by atomic mass is 9.95. The van der Waals surface area contributed by atoms with E-state index in [1.165, 1.54) is 13.8 Å². The van der Waals surface area contributed by atoms with Crippen molar-refractivity contribution < 1.29 is 24.0 Å². The lowest BCUT2D eigenvalue weighted by Gasteiger charge is -2.15. The molecule has 0 spiro atoms. The molecule has 1 aromatic carbocycles. The van der Waals surface area contributed by atoms with Gasteiger partial charge in [0.1, 0.15) is 11.5 Å². The fraction of sp³-hybridized carbons (Fsp3) is 0.333. The molecule has 0 bridgehead atoms. The molecule has 2 unspecified atom stereocenters. The summed E-state index contributed by atoms with van der Waals surface area (Å²) < 4.78 is 12.9. The van der Waals surface area contributed by atoms with E-state index in [0.717, 1.165) is 12.1 Å². The van der Waals surface area contributed by atoms with Gasteiger partial charge in [-0.15, -0.1) is 0 Å². The normalized spacial score (nSPS) is 13.3. The van der Waals surface area contributed by atoms with Crippen molar-refractivity contribution in [3.8, 4) is 0 Å². The maximum atomic E-state index is 12.9. The number of carboxylic acids is 1. The molecular weight excluding hydrogens is 271 g/mol. The average Bonchev–Trinajstić information content (AvgIpc) is 2.38. The summed E-state index contributed by atoms with van der Waals surface area (Å²) in [5, 5.41) is 21.8. The number of hydrogen-bond donors (Lipinski definition) is 2. The van der Waals surface area contributed by atoms with Gasteiger partial charge in [-0.3, -0.25) is 19.7 Å². The van der Waals surface area contributed by atoms with Gasteiger partial charge in [-0.05, 0) is 12.1 Å². The van der Waals surface area contributed by atoms with Crippen molar-refractivity contribution in [2.45, 2.75) is 13.8 Å². The number of halogens is 1. The first kappa shape index (κ1) is 15.5. The Bertz CT molecular complexity index is 561. The number of carbonyl (C=O) groups is 2. The van der Waals surface area contributed by atoms with Crippen LogP contribution in [0, 0.1) is 27.8 Å². The molecular formula is C12H13FN2O5. The van der Waals surface area contributed by atoms with Gasteiger partial charge in [0.25, 0.3) is 5.69 Å². The maximum absolute atomic E-state index is 12.9. The Balaban J connectivity index is 2.96. The molecule has 1 rings (SSSR count). The topological polar surface area (TPSA) is 110 Å². The van der Waals surface area contributed by atoms with Crippen molar-refractivity contribution in [3.05, 3.63) is 34.1 Å². The van der Waals surface area contributed by atoms with E-state index in [1.807, 2.05) is 0 Å². The van der Waals surface area contributed by atoms with Crippen LogP contribution in [0.2, 0.25) is 0 Å². The molecule has 0 aromatic heterocycles. The molecule has 0 saturated carbocycles. The van der Waals surface area contributed by atoms with Gasteiger partial charge >= 0.3 is 5.97 Å². The number of nitrogens with zero attached hydrogens (tertiary/aromatic N) is 1. The van der Waals surface area contributed by atoms with Crippen LogP contribution in [0.25, 0.3) is 0 Å². The second kappa shape index (κ2) is 6.09. The smallest absolute Gasteiger partial charge is 0.307 e. The van der Waals surface area contributed by atoms with E-state index < -0.39 is 40.1 Å². The predicted molar refractivity (Wildman–Crippen MR) is 67.6 cm³/mol. The van der Waals surface area contributed by atoms with E-state index in [9.17, 15) is 24.1 Å². The third kappa shape index (κ3) is 3.50. The lowest BCUT2D eigenvalue weighted by Crippen LogP contribution is -2.30. The van der Waals surface area contributed by atoms with Gasteiger partial charge in [0, 0.05) is 5.92 Å². The van der Waals surface area contributed by atoms with Gasteiger partial charge in [0.15, 0.2) is 0 Å². The minimum absolute atomic E-state index is 0.175. The molecule has 0 fully saturated rings. The first-order valence-electron chi connectivity index (χ1n) is 5.71. The molecule has 1 aromatic rings. The van der Waals surface area contributed by atoms with Crippen LogP contribution in [0.5, 0.6) is 0 Å². The Morgan fingerprint density at radius 2 is 1.95 bits per heavy atom. The standard InChI is InChI=1S/C12H13FN2O5/c1-6(7(2)12(17)18)11(16)14-9-4-3-8(13)5-10(9)15(19)20/h3-7H,1-2H3,(H,14,16)(H,17,18). The van der Waals surface area contributed by atoms with E-state index in [1.54, 1.807) is 0 Å². The second-order valence-corrected chi connectivity index (χ2v) is 4.32. The van der Waals surface area contributed by atoms with Crippen LogP contribution in [0.4, 0.5) is 15.8 Å². The molecule has 8 heteroatoms. The van der Waals surface area contributed by atoms with Crippen molar-refractivity contribution in [3.63, 3.8) is 0 Å². The third-order valence-electron chi connectivity index (χ3n) is 2.97. The van der Waals surface area contributed by atoms with Crippen molar-refractivity contribution in [2.24, 2.45) is 11.8 Å². The van der Waals surface area contributed by atoms with Gasteiger partial charge in [0.2, 0.25) is 5.91 Å². The molecule has 0 saturated heterocycles. The van der Waals surface area contributed by atoms with Gasteiger partial charge in [0.05, 0.1) is 16.9 Å². The number of aliphatic carboxylic acids is 1. The number of carbonyl (C=O) groups excluding carboxylic acids is 1. The van der Waals surface area contributed by atoms with Crippen LogP contribution in [-0.4, -0.2) is 21.9 Å². The minimum atomic E-state index is -1.15. The lowest BCUT2D eigenvalue weighted by molar-refractivity contribution is -0.384. The predicted octanol–water partition coefficient (Wildman–Crippen LogP) is 2.03. The van der Waals surface area contributed by atoms with Crippen molar-refractivity contribution >= 4 is 23.3 Å². The Labute approximate surface area is 113 Å². The Morgan fingerprint density at radius 3 is 2.45 bits per heavy atom. The van der Waals surface area contributed by atoms with Crippen molar-refractivity contribution in [1.82, 2.24) is 0 Å². The molecule has 7 nitrogen and oxygen atoms in total. The molecule has 0 aliphatic rings. The zero-order valence-corrected chi connectivity index (χ0v) is 10.8. The van der Waals surface area contributed by atoms with E-state index in [4.69, 9.17) is 5.11 Å². The summed E-state index contributed by atoms with van der Waals surface area (Å²) in [5.41, 5.74) is -0.764. The SMILES string of the molecule is CC(C(=O)O)C(C)C(=O)Nc1ccc(F)cc1[N+](=O)[O-]. The molecule has 0 radical (unpaired) electrons. The molecule has 2 atom stereocenters. The summed E-state index contributed by atoms with van der Waals surface area (Å²) >= 11 is 0. The Hall–Kier alpha value is -2.51. The highest BCUT2D eigenvalue weighted by molar-refractivity contribution is 5.96. The molecule has 0 aliphatic carbocycles. The van der Waals surface area contributed by atoms with Crippen LogP contribution < -0.4 is 5.32 Å². The Kier molecular flexibility index (Phi) is 4.73. The molecule has 0 heterocycles. The summed E-state index contributed by atoms with van der Waals surface area (Å²) in [7, 11) is 0. The zero-order valence-electron chi connectivity index (χ0n) is 10.8. The summed E-state index contributed by atoms with van der Waals surface area (Å²) in [5.74, 6) is -4.48. The quantitative estimate of drug-likeness (QED) is 0.635. The molecule has 108 valence electrons. The number of carboxylic acid groups (broad SMARTS) is 1. The number of amides is 1. The Morgan fingerprint density at radius 1 is 1.35 bits per heavy atom. The van der Waals surface area contributed by atoms with Crippen LogP contribution in [0.15, 0.2) is 18.2 Å². The third-order valence-corrected chi connectivity index (χ3v) is 2.97. The van der Waals surface area contributed by atoms with E-state index in [0.29, 0.717) is 6.07 Å². The number of hydrogen-bond acceptors (Lipinski definition) is 4. The number of benzene rings is 1. The average molecular weight is 284 g/mol. The minimum Gasteiger partial charge on any atom is -0.481 e. The number of nitro groups is 1. The van der Waals surface area contributed by atoms with Gasteiger partial charge in [-0.1, -0.05) is 13.8 Å². The number of rotatable bonds is 5. The van der Waals surface area contributed by atoms with Crippen molar-refractivity contribution in [2.75, 3.05) is 5.32 Å². The van der Waals surface area contributed by atoms with Crippen LogP contribution in [-0.2, 0) is 9.59 Å². The fourth-order valence-electron chi connectivity index (χ4n) is 1.45. The largest absolute Gasteiger partial charge is 0.481 e. The zero-order chi connectivity index (χ0) is 15.4. The maximum Gasteiger partial charge on any atom is 0.307 e. The van der Waals surface area contributed by atoms with E-state index >= 15 is 0 Å². The van der Waals surface area contributed by atoms with E-state index in [-0.39, 0.29) is 5.69 Å². The molecule has 1 amide bonds. The highest BCUT2D eigenvalue weighted by Crippen LogP contribution is 2.26. The fourth-order valence-corrected chi connectivity index (χ4v) is 1.45. The number of anilines is 1. The summed E-state index contributed by atoms with van der Waals surface area (Å²) in [4.78, 5) is 32.5. The first-order chi connectivity index (χ1) is 9.23. The monoisotopic (exact) mass is 284 g/mol. The second-order valence-electron chi connectivity index (χ2n) is 4.32. The van der Waals surface area contributed by atoms with Crippen molar-refractivity contribution in [1.29, 1.82) is 0 Å². The summed E-state index contributed by atoms with van der Waals surface area (Å²) in [6.45, 7) is 2.75. The first-order valence-corrected chi connectivity index (χ1v) is 5.71. The van der Waals surface area contributed by atoms with Crippen LogP contribution in [0.3, 0.4) is 0 Å². The highest BCUT2D eigenvalue weighted by atomic mass is 19.1. The van der Waals surface area contributed by atoms with Gasteiger partial charge in [-0.25, -0.2) is 4.39 Å². The number of nitro benzene ring substituents is 1. The number of nitrogens with one attached hydrogen (secondary N) is 1. The highest BCUT2D eigenvalue weighted by Gasteiger charge is 2.27. The molecule has 20 heavy (non-hydrogen) atoms. The van der Waals surface area contributed by atoms with Gasteiger partial charge in [-0.2, -0.15) is 0 Å². The van der Waals surface area contributed by atoms with E-state index in [2.05, 4.69) is 5.32 Å². The summed E-state index contributed by atoms with van der Waals surface area (Å²) in [6, 6.07) is 2.71. The van der Waals surface area contributed by atoms with Gasteiger partial charge < -0.3 is 10.4 Å².